The highest BCUT2D eigenvalue weighted by molar-refractivity contribution is 5.96. The summed E-state index contributed by atoms with van der Waals surface area (Å²) >= 11 is 0. The maximum atomic E-state index is 11.8. The molecule has 1 N–H and O–H groups in total. The summed E-state index contributed by atoms with van der Waals surface area (Å²) in [5, 5.41) is 7.33. The molecule has 2 aliphatic heterocycles. The van der Waals surface area contributed by atoms with Gasteiger partial charge in [-0.05, 0) is 6.92 Å². The quantitative estimate of drug-likeness (QED) is 0.702. The van der Waals surface area contributed by atoms with Crippen LogP contribution in [-0.2, 0) is 16.6 Å². The molecule has 0 aromatic carbocycles. The number of aromatic nitrogens is 2. The average Bonchev–Trinajstić information content (AvgIpc) is 2.48. The van der Waals surface area contributed by atoms with E-state index in [9.17, 15) is 4.79 Å². The number of morpholine rings is 1. The van der Waals surface area contributed by atoms with Gasteiger partial charge in [0.25, 0.3) is 0 Å². The van der Waals surface area contributed by atoms with Gasteiger partial charge >= 0.3 is 0 Å². The van der Waals surface area contributed by atoms with Gasteiger partial charge in [0, 0.05) is 20.0 Å². The van der Waals surface area contributed by atoms with E-state index in [4.69, 9.17) is 4.74 Å². The number of ether oxygens (including phenoxy) is 1. The number of rotatable bonds is 0. The van der Waals surface area contributed by atoms with Gasteiger partial charge in [-0.3, -0.25) is 9.48 Å². The molecule has 0 saturated carbocycles. The third-order valence-corrected chi connectivity index (χ3v) is 3.38. The van der Waals surface area contributed by atoms with Crippen molar-refractivity contribution < 1.29 is 9.53 Å². The van der Waals surface area contributed by atoms with Gasteiger partial charge in [-0.1, -0.05) is 0 Å². The van der Waals surface area contributed by atoms with Crippen LogP contribution in [-0.4, -0.2) is 41.5 Å². The van der Waals surface area contributed by atoms with Gasteiger partial charge in [0.05, 0.1) is 24.9 Å². The standard InChI is InChI=1S/C11H16N4O2/c1-7-10-11(14(2)13-7)15-3-4-17-6-8(15)5-9(16)12-10/h8H,3-6H2,1-2H3,(H,12,16). The summed E-state index contributed by atoms with van der Waals surface area (Å²) in [4.78, 5) is 14.1. The first kappa shape index (κ1) is 10.6. The first-order chi connectivity index (χ1) is 8.16. The Hall–Kier alpha value is -1.56. The molecular formula is C11H16N4O2. The summed E-state index contributed by atoms with van der Waals surface area (Å²) in [5.74, 6) is 1.04. The second kappa shape index (κ2) is 3.73. The Bertz CT molecular complexity index is 468. The number of hydrogen-bond acceptors (Lipinski definition) is 4. The smallest absolute Gasteiger partial charge is 0.226 e. The highest BCUT2D eigenvalue weighted by atomic mass is 16.5. The monoisotopic (exact) mass is 236 g/mol. The van der Waals surface area contributed by atoms with E-state index >= 15 is 0 Å². The largest absolute Gasteiger partial charge is 0.377 e. The lowest BCUT2D eigenvalue weighted by molar-refractivity contribution is -0.116. The van der Waals surface area contributed by atoms with E-state index in [0.29, 0.717) is 19.6 Å². The van der Waals surface area contributed by atoms with Crippen LogP contribution < -0.4 is 10.2 Å². The Labute approximate surface area is 99.5 Å². The molecule has 1 amide bonds. The van der Waals surface area contributed by atoms with Crippen LogP contribution in [0.15, 0.2) is 0 Å². The minimum Gasteiger partial charge on any atom is -0.377 e. The van der Waals surface area contributed by atoms with Crippen molar-refractivity contribution in [2.45, 2.75) is 19.4 Å². The molecule has 0 radical (unpaired) electrons. The Morgan fingerprint density at radius 3 is 3.18 bits per heavy atom. The summed E-state index contributed by atoms with van der Waals surface area (Å²) in [6, 6.07) is 0.125. The number of hydrogen-bond donors (Lipinski definition) is 1. The van der Waals surface area contributed by atoms with Crippen molar-refractivity contribution in [2.24, 2.45) is 7.05 Å². The van der Waals surface area contributed by atoms with E-state index in [2.05, 4.69) is 15.3 Å². The molecule has 1 atom stereocenters. The normalized spacial score (nSPS) is 23.8. The van der Waals surface area contributed by atoms with Crippen LogP contribution in [0.1, 0.15) is 12.1 Å². The molecule has 1 aromatic rings. The van der Waals surface area contributed by atoms with E-state index in [1.165, 1.54) is 0 Å². The Kier molecular flexibility index (Phi) is 2.32. The minimum atomic E-state index is 0.0420. The van der Waals surface area contributed by atoms with Crippen LogP contribution in [0.5, 0.6) is 0 Å². The fraction of sp³-hybridized carbons (Fsp3) is 0.636. The van der Waals surface area contributed by atoms with Gasteiger partial charge < -0.3 is 15.0 Å². The number of nitrogens with one attached hydrogen (secondary N) is 1. The maximum absolute atomic E-state index is 11.8. The second-order valence-electron chi connectivity index (χ2n) is 4.58. The van der Waals surface area contributed by atoms with Crippen LogP contribution in [0.4, 0.5) is 11.5 Å². The maximum Gasteiger partial charge on any atom is 0.226 e. The lowest BCUT2D eigenvalue weighted by Gasteiger charge is -2.35. The number of amides is 1. The van der Waals surface area contributed by atoms with Gasteiger partial charge in [0.15, 0.2) is 5.82 Å². The predicted octanol–water partition coefficient (Wildman–Crippen LogP) is 0.276. The molecule has 3 heterocycles. The SMILES string of the molecule is Cc1nn(C)c2c1NC(=O)CC1COCCN21. The Morgan fingerprint density at radius 2 is 2.35 bits per heavy atom. The van der Waals surface area contributed by atoms with Gasteiger partial charge in [0.2, 0.25) is 5.91 Å². The van der Waals surface area contributed by atoms with Crippen molar-refractivity contribution in [3.8, 4) is 0 Å². The van der Waals surface area contributed by atoms with Crippen LogP contribution in [0, 0.1) is 6.92 Å². The zero-order valence-corrected chi connectivity index (χ0v) is 10.1. The molecule has 1 fully saturated rings. The lowest BCUT2D eigenvalue weighted by atomic mass is 10.1. The first-order valence-electron chi connectivity index (χ1n) is 5.84. The van der Waals surface area contributed by atoms with Gasteiger partial charge in [-0.2, -0.15) is 5.10 Å². The molecule has 17 heavy (non-hydrogen) atoms. The van der Waals surface area contributed by atoms with Crippen molar-refractivity contribution >= 4 is 17.4 Å². The number of fused-ring (bicyclic) bond motifs is 3. The van der Waals surface area contributed by atoms with Crippen LogP contribution in [0.25, 0.3) is 0 Å². The number of aryl methyl sites for hydroxylation is 2. The average molecular weight is 236 g/mol. The molecule has 92 valence electrons. The van der Waals surface area contributed by atoms with Crippen molar-refractivity contribution in [3.05, 3.63) is 5.69 Å². The van der Waals surface area contributed by atoms with Crippen molar-refractivity contribution in [2.75, 3.05) is 30.0 Å². The van der Waals surface area contributed by atoms with Crippen LogP contribution in [0.2, 0.25) is 0 Å². The molecule has 1 unspecified atom stereocenters. The second-order valence-corrected chi connectivity index (χ2v) is 4.58. The van der Waals surface area contributed by atoms with E-state index in [0.717, 1.165) is 23.7 Å². The molecule has 0 aliphatic carbocycles. The molecule has 6 nitrogen and oxygen atoms in total. The molecule has 0 spiro atoms. The van der Waals surface area contributed by atoms with Crippen molar-refractivity contribution in [1.29, 1.82) is 0 Å². The highest BCUT2D eigenvalue weighted by Gasteiger charge is 2.33. The topological polar surface area (TPSA) is 59.4 Å². The van der Waals surface area contributed by atoms with Crippen LogP contribution in [0.3, 0.4) is 0 Å². The third kappa shape index (κ3) is 1.59. The molecule has 3 rings (SSSR count). The third-order valence-electron chi connectivity index (χ3n) is 3.38. The lowest BCUT2D eigenvalue weighted by Crippen LogP contribution is -2.46. The molecule has 1 saturated heterocycles. The number of nitrogens with zero attached hydrogens (tertiary/aromatic N) is 3. The number of anilines is 2. The first-order valence-corrected chi connectivity index (χ1v) is 5.84. The summed E-state index contributed by atoms with van der Waals surface area (Å²) in [5.41, 5.74) is 1.71. The molecule has 6 heteroatoms. The zero-order valence-electron chi connectivity index (χ0n) is 10.1. The van der Waals surface area contributed by atoms with Gasteiger partial charge in [-0.15, -0.1) is 0 Å². The number of carbonyl (C=O) groups excluding carboxylic acids is 1. The minimum absolute atomic E-state index is 0.0420. The summed E-state index contributed by atoms with van der Waals surface area (Å²) in [7, 11) is 1.91. The summed E-state index contributed by atoms with van der Waals surface area (Å²) in [6.45, 7) is 4.04. The Balaban J connectivity index is 2.11. The van der Waals surface area contributed by atoms with E-state index in [1.807, 2.05) is 18.7 Å². The number of carbonyl (C=O) groups is 1. The molecule has 2 aliphatic rings. The van der Waals surface area contributed by atoms with E-state index < -0.39 is 0 Å². The zero-order chi connectivity index (χ0) is 12.0. The van der Waals surface area contributed by atoms with Crippen molar-refractivity contribution in [3.63, 3.8) is 0 Å². The Morgan fingerprint density at radius 1 is 1.53 bits per heavy atom. The van der Waals surface area contributed by atoms with Gasteiger partial charge in [-0.25, -0.2) is 0 Å². The fourth-order valence-corrected chi connectivity index (χ4v) is 2.63. The summed E-state index contributed by atoms with van der Waals surface area (Å²) < 4.78 is 7.30. The molecular weight excluding hydrogens is 220 g/mol. The van der Waals surface area contributed by atoms with E-state index in [1.54, 1.807) is 0 Å². The van der Waals surface area contributed by atoms with Crippen LogP contribution >= 0.6 is 0 Å². The highest BCUT2D eigenvalue weighted by Crippen LogP contribution is 2.34. The van der Waals surface area contributed by atoms with E-state index in [-0.39, 0.29) is 11.9 Å². The predicted molar refractivity (Wildman–Crippen MR) is 63.1 cm³/mol. The molecule has 0 bridgehead atoms. The van der Waals surface area contributed by atoms with Crippen molar-refractivity contribution in [1.82, 2.24) is 9.78 Å². The van der Waals surface area contributed by atoms with Gasteiger partial charge in [0.1, 0.15) is 5.69 Å². The molecule has 1 aromatic heterocycles. The fourth-order valence-electron chi connectivity index (χ4n) is 2.63. The summed E-state index contributed by atoms with van der Waals surface area (Å²) in [6.07, 6.45) is 0.480.